The number of benzene rings is 1. The first-order chi connectivity index (χ1) is 13.6. The second-order valence-corrected chi connectivity index (χ2v) is 8.58. The summed E-state index contributed by atoms with van der Waals surface area (Å²) >= 11 is 2.81. The highest BCUT2D eigenvalue weighted by molar-refractivity contribution is 8.00. The number of aryl methyl sites for hydroxylation is 1. The molecule has 0 aliphatic rings. The average molecular weight is 411 g/mol. The van der Waals surface area contributed by atoms with Crippen LogP contribution < -0.4 is 5.32 Å². The molecule has 5 nitrogen and oxygen atoms in total. The number of hydrogen-bond donors (Lipinski definition) is 1. The van der Waals surface area contributed by atoms with E-state index in [1.54, 1.807) is 6.07 Å². The highest BCUT2D eigenvalue weighted by Gasteiger charge is 2.22. The van der Waals surface area contributed by atoms with E-state index in [2.05, 4.69) is 28.3 Å². The molecule has 0 fully saturated rings. The second-order valence-electron chi connectivity index (χ2n) is 6.36. The van der Waals surface area contributed by atoms with E-state index >= 15 is 0 Å². The minimum absolute atomic E-state index is 0.115. The Bertz CT molecular complexity index is 976. The predicted molar refractivity (Wildman–Crippen MR) is 116 cm³/mol. The lowest BCUT2D eigenvalue weighted by atomic mass is 10.2. The Morgan fingerprint density at radius 1 is 1.25 bits per heavy atom. The number of aromatic nitrogens is 2. The number of pyridine rings is 1. The van der Waals surface area contributed by atoms with Crippen LogP contribution in [-0.4, -0.2) is 21.1 Å². The Morgan fingerprint density at radius 3 is 2.79 bits per heavy atom. The number of amides is 1. The molecule has 0 bridgehead atoms. The van der Waals surface area contributed by atoms with Crippen LogP contribution in [0.3, 0.4) is 0 Å². The number of anilines is 1. The number of nitriles is 1. The third-order valence-electron chi connectivity index (χ3n) is 4.27. The molecule has 0 spiro atoms. The van der Waals surface area contributed by atoms with Gasteiger partial charge in [0, 0.05) is 5.69 Å². The summed E-state index contributed by atoms with van der Waals surface area (Å²) in [5.74, 6) is -0.115. The second kappa shape index (κ2) is 9.67. The first-order valence-corrected chi connectivity index (χ1v) is 11.1. The van der Waals surface area contributed by atoms with Crippen molar-refractivity contribution < 1.29 is 4.79 Å². The Morgan fingerprint density at radius 2 is 2.07 bits per heavy atom. The first-order valence-electron chi connectivity index (χ1n) is 9.37. The molecule has 1 N–H and O–H groups in total. The number of carbonyl (C=O) groups is 1. The highest BCUT2D eigenvalue weighted by Crippen LogP contribution is 2.30. The maximum Gasteiger partial charge on any atom is 0.239 e. The van der Waals surface area contributed by atoms with E-state index in [1.165, 1.54) is 23.1 Å². The van der Waals surface area contributed by atoms with Crippen molar-refractivity contribution in [3.8, 4) is 6.07 Å². The van der Waals surface area contributed by atoms with Crippen molar-refractivity contribution in [1.82, 2.24) is 9.97 Å². The summed E-state index contributed by atoms with van der Waals surface area (Å²) in [5, 5.41) is 13.2. The number of rotatable bonds is 8. The summed E-state index contributed by atoms with van der Waals surface area (Å²) in [4.78, 5) is 21.9. The van der Waals surface area contributed by atoms with Gasteiger partial charge in [-0.15, -0.1) is 0 Å². The smallest absolute Gasteiger partial charge is 0.239 e. The lowest BCUT2D eigenvalue weighted by Crippen LogP contribution is -2.24. The van der Waals surface area contributed by atoms with Gasteiger partial charge in [0.1, 0.15) is 11.1 Å². The molecule has 1 atom stereocenters. The number of thiazole rings is 1. The molecular weight excluding hydrogens is 388 g/mol. The summed E-state index contributed by atoms with van der Waals surface area (Å²) in [6.07, 6.45) is 3.65. The zero-order chi connectivity index (χ0) is 19.9. The molecule has 7 heteroatoms. The monoisotopic (exact) mass is 410 g/mol. The minimum Gasteiger partial charge on any atom is -0.301 e. The standard InChI is InChI=1S/C21H22N4OS2/c1-3-5-8-15-12-11-14(13-22)20(23-15)27-17(4-2)19(26)25-21-24-16-9-6-7-10-18(16)28-21/h6-7,9-12,17H,3-5,8H2,1-2H3,(H,24,25,26). The SMILES string of the molecule is CCCCc1ccc(C#N)c(SC(CC)C(=O)Nc2nc3ccccc3s2)n1. The number of nitrogens with zero attached hydrogens (tertiary/aromatic N) is 3. The van der Waals surface area contributed by atoms with Crippen molar-refractivity contribution in [2.75, 3.05) is 5.32 Å². The quantitative estimate of drug-likeness (QED) is 0.502. The summed E-state index contributed by atoms with van der Waals surface area (Å²) in [7, 11) is 0. The molecule has 1 unspecified atom stereocenters. The number of carbonyl (C=O) groups excluding carboxylic acids is 1. The van der Waals surface area contributed by atoms with E-state index in [0.29, 0.717) is 22.1 Å². The molecule has 0 saturated carbocycles. The van der Waals surface area contributed by atoms with Crippen molar-refractivity contribution in [2.24, 2.45) is 0 Å². The molecule has 28 heavy (non-hydrogen) atoms. The normalized spacial score (nSPS) is 11.9. The van der Waals surface area contributed by atoms with Crippen LogP contribution in [-0.2, 0) is 11.2 Å². The Labute approximate surface area is 173 Å². The van der Waals surface area contributed by atoms with Crippen LogP contribution in [0.5, 0.6) is 0 Å². The van der Waals surface area contributed by atoms with Gasteiger partial charge in [-0.2, -0.15) is 5.26 Å². The zero-order valence-electron chi connectivity index (χ0n) is 15.9. The fourth-order valence-electron chi connectivity index (χ4n) is 2.72. The number of unbranched alkanes of at least 4 members (excludes halogenated alkanes) is 1. The van der Waals surface area contributed by atoms with Crippen LogP contribution >= 0.6 is 23.1 Å². The van der Waals surface area contributed by atoms with Gasteiger partial charge in [0.25, 0.3) is 0 Å². The van der Waals surface area contributed by atoms with Crippen LogP contribution in [0, 0.1) is 11.3 Å². The summed E-state index contributed by atoms with van der Waals surface area (Å²) in [6.45, 7) is 4.10. The molecular formula is C21H22N4OS2. The minimum atomic E-state index is -0.340. The predicted octanol–water partition coefficient (Wildman–Crippen LogP) is 5.41. The van der Waals surface area contributed by atoms with Crippen LogP contribution in [0.25, 0.3) is 10.2 Å². The molecule has 0 radical (unpaired) electrons. The average Bonchev–Trinajstić information content (AvgIpc) is 3.12. The third kappa shape index (κ3) is 4.89. The lowest BCUT2D eigenvalue weighted by Gasteiger charge is -2.14. The van der Waals surface area contributed by atoms with Crippen LogP contribution in [0.4, 0.5) is 5.13 Å². The van der Waals surface area contributed by atoms with Gasteiger partial charge < -0.3 is 5.32 Å². The number of nitrogens with one attached hydrogen (secondary N) is 1. The maximum atomic E-state index is 12.8. The highest BCUT2D eigenvalue weighted by atomic mass is 32.2. The van der Waals surface area contributed by atoms with Gasteiger partial charge in [-0.3, -0.25) is 4.79 Å². The van der Waals surface area contributed by atoms with E-state index in [4.69, 9.17) is 0 Å². The van der Waals surface area contributed by atoms with Gasteiger partial charge >= 0.3 is 0 Å². The van der Waals surface area contributed by atoms with Crippen molar-refractivity contribution in [3.05, 3.63) is 47.7 Å². The van der Waals surface area contributed by atoms with E-state index in [-0.39, 0.29) is 11.2 Å². The van der Waals surface area contributed by atoms with Crippen molar-refractivity contribution in [1.29, 1.82) is 5.26 Å². The van der Waals surface area contributed by atoms with Gasteiger partial charge in [-0.1, -0.05) is 55.5 Å². The zero-order valence-corrected chi connectivity index (χ0v) is 17.6. The van der Waals surface area contributed by atoms with E-state index < -0.39 is 0 Å². The van der Waals surface area contributed by atoms with E-state index in [0.717, 1.165) is 35.2 Å². The molecule has 1 aromatic carbocycles. The molecule has 3 aromatic rings. The summed E-state index contributed by atoms with van der Waals surface area (Å²) < 4.78 is 1.04. The Hall–Kier alpha value is -2.43. The van der Waals surface area contributed by atoms with Crippen LogP contribution in [0.2, 0.25) is 0 Å². The van der Waals surface area contributed by atoms with E-state index in [9.17, 15) is 10.1 Å². The summed E-state index contributed by atoms with van der Waals surface area (Å²) in [5.41, 5.74) is 2.35. The topological polar surface area (TPSA) is 78.7 Å². The van der Waals surface area contributed by atoms with Gasteiger partial charge in [-0.05, 0) is 43.5 Å². The fourth-order valence-corrected chi connectivity index (χ4v) is 4.60. The molecule has 3 rings (SSSR count). The molecule has 0 saturated heterocycles. The first kappa shape index (κ1) is 20.3. The molecule has 0 aliphatic heterocycles. The Balaban J connectivity index is 1.75. The number of hydrogen-bond acceptors (Lipinski definition) is 6. The largest absolute Gasteiger partial charge is 0.301 e. The van der Waals surface area contributed by atoms with Crippen LogP contribution in [0.1, 0.15) is 44.4 Å². The van der Waals surface area contributed by atoms with E-state index in [1.807, 2.05) is 37.3 Å². The maximum absolute atomic E-state index is 12.8. The van der Waals surface area contributed by atoms with Crippen molar-refractivity contribution in [3.63, 3.8) is 0 Å². The Kier molecular flexibility index (Phi) is 7.01. The number of para-hydroxylation sites is 1. The molecule has 144 valence electrons. The van der Waals surface area contributed by atoms with Gasteiger partial charge in [0.15, 0.2) is 5.13 Å². The molecule has 1 amide bonds. The molecule has 0 aliphatic carbocycles. The van der Waals surface area contributed by atoms with Gasteiger partial charge in [-0.25, -0.2) is 9.97 Å². The summed E-state index contributed by atoms with van der Waals surface area (Å²) in [6, 6.07) is 13.7. The van der Waals surface area contributed by atoms with Gasteiger partial charge in [0.2, 0.25) is 5.91 Å². The lowest BCUT2D eigenvalue weighted by molar-refractivity contribution is -0.115. The number of fused-ring (bicyclic) bond motifs is 1. The van der Waals surface area contributed by atoms with Crippen molar-refractivity contribution in [2.45, 2.75) is 49.8 Å². The molecule has 2 heterocycles. The number of thioether (sulfide) groups is 1. The van der Waals surface area contributed by atoms with Crippen molar-refractivity contribution >= 4 is 44.4 Å². The third-order valence-corrected chi connectivity index (χ3v) is 6.58. The van der Waals surface area contributed by atoms with Gasteiger partial charge in [0.05, 0.1) is 21.0 Å². The molecule has 2 aromatic heterocycles. The fraction of sp³-hybridized carbons (Fsp3) is 0.333. The van der Waals surface area contributed by atoms with Crippen LogP contribution in [0.15, 0.2) is 41.4 Å².